The summed E-state index contributed by atoms with van der Waals surface area (Å²) in [5, 5.41) is 0.264. The van der Waals surface area contributed by atoms with Crippen molar-refractivity contribution in [1.82, 2.24) is 9.36 Å². The molecule has 0 radical (unpaired) electrons. The third-order valence-corrected chi connectivity index (χ3v) is 7.02. The largest absolute Gasteiger partial charge is 0.281 e. The van der Waals surface area contributed by atoms with E-state index in [1.807, 2.05) is 6.92 Å². The van der Waals surface area contributed by atoms with E-state index in [4.69, 9.17) is 11.6 Å². The van der Waals surface area contributed by atoms with E-state index in [1.165, 1.54) is 12.1 Å². The molecule has 0 amide bonds. The Bertz CT molecular complexity index is 911. The molecule has 128 valence electrons. The summed E-state index contributed by atoms with van der Waals surface area (Å²) in [5.41, 5.74) is 2.72. The molecule has 0 N–H and O–H groups in total. The highest BCUT2D eigenvalue weighted by atomic mass is 35.5. The molecule has 0 aliphatic heterocycles. The van der Waals surface area contributed by atoms with Crippen LogP contribution in [0.15, 0.2) is 23.0 Å². The zero-order chi connectivity index (χ0) is 17.4. The fourth-order valence-corrected chi connectivity index (χ4v) is 5.33. The van der Waals surface area contributed by atoms with Gasteiger partial charge < -0.3 is 0 Å². The van der Waals surface area contributed by atoms with Gasteiger partial charge in [0, 0.05) is 17.5 Å². The Balaban J connectivity index is 2.05. The summed E-state index contributed by atoms with van der Waals surface area (Å²) in [6.45, 7) is 9.55. The van der Waals surface area contributed by atoms with Crippen LogP contribution in [0.2, 0.25) is 5.02 Å². The van der Waals surface area contributed by atoms with E-state index in [0.29, 0.717) is 12.2 Å². The van der Waals surface area contributed by atoms with Crippen molar-refractivity contribution in [2.75, 3.05) is 0 Å². The summed E-state index contributed by atoms with van der Waals surface area (Å²) in [6, 6.07) is 4.21. The molecule has 1 saturated carbocycles. The quantitative estimate of drug-likeness (QED) is 0.777. The molecule has 24 heavy (non-hydrogen) atoms. The van der Waals surface area contributed by atoms with Crippen LogP contribution in [0.25, 0.3) is 5.69 Å². The second kappa shape index (κ2) is 4.75. The van der Waals surface area contributed by atoms with E-state index in [-0.39, 0.29) is 27.3 Å². The first-order chi connectivity index (χ1) is 11.2. The highest BCUT2D eigenvalue weighted by molar-refractivity contribution is 6.32. The van der Waals surface area contributed by atoms with Crippen molar-refractivity contribution in [2.24, 2.45) is 5.41 Å². The standard InChI is InChI=1S/C19H22ClFN2O/c1-5-22-16-15(12-8-9-19(16,4)18(12,2)3)17(24)23(22)14-7-6-11(21)10-13(14)20/h6-7,10,12H,5,8-9H2,1-4H3/t12-,19+/m1/s1. The second-order valence-corrected chi connectivity index (χ2v) is 8.24. The van der Waals surface area contributed by atoms with Crippen molar-refractivity contribution >= 4 is 11.6 Å². The normalized spacial score (nSPS) is 26.8. The third-order valence-electron chi connectivity index (χ3n) is 6.71. The van der Waals surface area contributed by atoms with Gasteiger partial charge in [-0.05, 0) is 49.3 Å². The van der Waals surface area contributed by atoms with E-state index in [2.05, 4.69) is 25.5 Å². The van der Waals surface area contributed by atoms with Crippen LogP contribution in [0, 0.1) is 11.2 Å². The molecule has 1 fully saturated rings. The number of hydrogen-bond acceptors (Lipinski definition) is 1. The van der Waals surface area contributed by atoms with Crippen LogP contribution in [-0.2, 0) is 12.0 Å². The molecule has 1 aromatic heterocycles. The molecule has 5 heteroatoms. The van der Waals surface area contributed by atoms with Gasteiger partial charge in [-0.15, -0.1) is 0 Å². The molecule has 2 aromatic rings. The molecular weight excluding hydrogens is 327 g/mol. The fraction of sp³-hybridized carbons (Fsp3) is 0.526. The number of hydrogen-bond donors (Lipinski definition) is 0. The summed E-state index contributed by atoms with van der Waals surface area (Å²) >= 11 is 6.25. The highest BCUT2D eigenvalue weighted by Gasteiger charge is 2.62. The first-order valence-electron chi connectivity index (χ1n) is 8.55. The summed E-state index contributed by atoms with van der Waals surface area (Å²) in [6.07, 6.45) is 2.15. The van der Waals surface area contributed by atoms with Crippen molar-refractivity contribution < 1.29 is 4.39 Å². The lowest BCUT2D eigenvalue weighted by Crippen LogP contribution is -2.36. The van der Waals surface area contributed by atoms with Gasteiger partial charge in [0.2, 0.25) is 0 Å². The Hall–Kier alpha value is -1.55. The number of aromatic nitrogens is 2. The zero-order valence-corrected chi connectivity index (χ0v) is 15.2. The van der Waals surface area contributed by atoms with E-state index >= 15 is 0 Å². The van der Waals surface area contributed by atoms with Crippen molar-refractivity contribution in [3.8, 4) is 5.69 Å². The van der Waals surface area contributed by atoms with Crippen LogP contribution in [0.5, 0.6) is 0 Å². The minimum absolute atomic E-state index is 0.00172. The van der Waals surface area contributed by atoms with Crippen LogP contribution >= 0.6 is 11.6 Å². The molecule has 3 nitrogen and oxygen atoms in total. The Kier molecular flexibility index (Phi) is 3.16. The average Bonchev–Trinajstić information content (AvgIpc) is 2.99. The molecule has 4 rings (SSSR count). The Labute approximate surface area is 146 Å². The summed E-state index contributed by atoms with van der Waals surface area (Å²) in [7, 11) is 0. The maximum absolute atomic E-state index is 13.4. The van der Waals surface area contributed by atoms with Gasteiger partial charge in [-0.2, -0.15) is 0 Å². The molecule has 2 aliphatic rings. The summed E-state index contributed by atoms with van der Waals surface area (Å²) < 4.78 is 17.1. The number of rotatable bonds is 2. The lowest BCUT2D eigenvalue weighted by molar-refractivity contribution is 0.216. The SMILES string of the molecule is CCn1c2c(c(=O)n1-c1ccc(F)cc1Cl)[C@H]1CC[C@]2(C)C1(C)C. The fourth-order valence-electron chi connectivity index (χ4n) is 5.08. The maximum Gasteiger partial charge on any atom is 0.275 e. The molecule has 2 bridgehead atoms. The first kappa shape index (κ1) is 15.9. The molecule has 2 aliphatic carbocycles. The van der Waals surface area contributed by atoms with Crippen molar-refractivity contribution in [1.29, 1.82) is 0 Å². The molecule has 0 saturated heterocycles. The topological polar surface area (TPSA) is 26.9 Å². The molecular formula is C19H22ClFN2O. The van der Waals surface area contributed by atoms with Crippen LogP contribution < -0.4 is 5.56 Å². The van der Waals surface area contributed by atoms with Gasteiger partial charge in [-0.25, -0.2) is 9.07 Å². The van der Waals surface area contributed by atoms with Gasteiger partial charge in [0.1, 0.15) is 5.82 Å². The van der Waals surface area contributed by atoms with Crippen molar-refractivity contribution in [2.45, 2.75) is 58.4 Å². The predicted molar refractivity (Wildman–Crippen MR) is 93.8 cm³/mol. The summed E-state index contributed by atoms with van der Waals surface area (Å²) in [4.78, 5) is 13.3. The smallest absolute Gasteiger partial charge is 0.275 e. The van der Waals surface area contributed by atoms with Crippen LogP contribution in [0.4, 0.5) is 4.39 Å². The first-order valence-corrected chi connectivity index (χ1v) is 8.93. The van der Waals surface area contributed by atoms with Crippen LogP contribution in [-0.4, -0.2) is 9.36 Å². The van der Waals surface area contributed by atoms with E-state index in [0.717, 1.165) is 24.1 Å². The molecule has 1 aromatic carbocycles. The number of halogens is 2. The molecule has 0 unspecified atom stereocenters. The van der Waals surface area contributed by atoms with Crippen molar-refractivity contribution in [3.63, 3.8) is 0 Å². The minimum atomic E-state index is -0.396. The average molecular weight is 349 g/mol. The van der Waals surface area contributed by atoms with E-state index in [9.17, 15) is 9.18 Å². The number of benzene rings is 1. The minimum Gasteiger partial charge on any atom is -0.281 e. The van der Waals surface area contributed by atoms with Gasteiger partial charge >= 0.3 is 0 Å². The molecule has 1 heterocycles. The lowest BCUT2D eigenvalue weighted by atomic mass is 9.70. The van der Waals surface area contributed by atoms with Crippen LogP contribution in [0.1, 0.15) is 57.7 Å². The monoisotopic (exact) mass is 348 g/mol. The zero-order valence-electron chi connectivity index (χ0n) is 14.5. The van der Waals surface area contributed by atoms with Gasteiger partial charge in [-0.3, -0.25) is 9.48 Å². The second-order valence-electron chi connectivity index (χ2n) is 7.84. The Morgan fingerprint density at radius 1 is 1.33 bits per heavy atom. The van der Waals surface area contributed by atoms with Crippen molar-refractivity contribution in [3.05, 3.63) is 50.7 Å². The Morgan fingerprint density at radius 2 is 2.04 bits per heavy atom. The number of fused-ring (bicyclic) bond motifs is 5. The maximum atomic E-state index is 13.4. The third kappa shape index (κ3) is 1.65. The lowest BCUT2D eigenvalue weighted by Gasteiger charge is -2.36. The molecule has 0 spiro atoms. The van der Waals surface area contributed by atoms with Crippen LogP contribution in [0.3, 0.4) is 0 Å². The predicted octanol–water partition coefficient (Wildman–Crippen LogP) is 4.63. The van der Waals surface area contributed by atoms with Gasteiger partial charge in [0.05, 0.1) is 16.4 Å². The number of nitrogens with zero attached hydrogens (tertiary/aromatic N) is 2. The molecule has 2 atom stereocenters. The summed E-state index contributed by atoms with van der Waals surface area (Å²) in [5.74, 6) is -0.115. The van der Waals surface area contributed by atoms with Gasteiger partial charge in [-0.1, -0.05) is 32.4 Å². The Morgan fingerprint density at radius 3 is 2.67 bits per heavy atom. The van der Waals surface area contributed by atoms with E-state index in [1.54, 1.807) is 10.7 Å². The highest BCUT2D eigenvalue weighted by Crippen LogP contribution is 2.67. The van der Waals surface area contributed by atoms with E-state index < -0.39 is 5.82 Å². The van der Waals surface area contributed by atoms with Gasteiger partial charge in [0.15, 0.2) is 0 Å². The van der Waals surface area contributed by atoms with Gasteiger partial charge in [0.25, 0.3) is 5.56 Å².